The van der Waals surface area contributed by atoms with Crippen molar-refractivity contribution in [2.75, 3.05) is 27.2 Å². The van der Waals surface area contributed by atoms with Gasteiger partial charge in [-0.3, -0.25) is 14.9 Å². The number of carbonyl (C=O) groups is 1. The van der Waals surface area contributed by atoms with E-state index in [0.29, 0.717) is 18.7 Å². The molecule has 0 fully saturated rings. The Morgan fingerprint density at radius 2 is 1.95 bits per heavy atom. The fourth-order valence-electron chi connectivity index (χ4n) is 1.51. The second-order valence-electron chi connectivity index (χ2n) is 4.58. The molecule has 6 nitrogen and oxygen atoms in total. The van der Waals surface area contributed by atoms with Crippen LogP contribution >= 0.6 is 0 Å². The van der Waals surface area contributed by atoms with Crippen LogP contribution in [0.5, 0.6) is 0 Å². The largest absolute Gasteiger partial charge is 0.416 e. The van der Waals surface area contributed by atoms with Crippen LogP contribution in [0.1, 0.15) is 15.9 Å². The molecule has 1 amide bonds. The Bertz CT molecular complexity index is 544. The average molecular weight is 305 g/mol. The smallest absolute Gasteiger partial charge is 0.351 e. The summed E-state index contributed by atoms with van der Waals surface area (Å²) >= 11 is 0. The highest BCUT2D eigenvalue weighted by atomic mass is 19.4. The fourth-order valence-corrected chi connectivity index (χ4v) is 1.51. The van der Waals surface area contributed by atoms with Crippen LogP contribution in [0.15, 0.2) is 18.2 Å². The Balaban J connectivity index is 3.03. The van der Waals surface area contributed by atoms with E-state index in [1.807, 2.05) is 0 Å². The second-order valence-corrected chi connectivity index (χ2v) is 4.58. The highest BCUT2D eigenvalue weighted by Crippen LogP contribution is 2.32. The van der Waals surface area contributed by atoms with Gasteiger partial charge in [-0.2, -0.15) is 13.2 Å². The van der Waals surface area contributed by atoms with Crippen molar-refractivity contribution in [1.29, 1.82) is 0 Å². The molecular formula is C12H14F3N3O3. The summed E-state index contributed by atoms with van der Waals surface area (Å²) < 4.78 is 38.0. The van der Waals surface area contributed by atoms with Gasteiger partial charge < -0.3 is 10.2 Å². The maximum atomic E-state index is 12.7. The number of nitrogens with zero attached hydrogens (tertiary/aromatic N) is 2. The van der Waals surface area contributed by atoms with Crippen LogP contribution in [-0.4, -0.2) is 42.9 Å². The van der Waals surface area contributed by atoms with Gasteiger partial charge in [0.25, 0.3) is 11.6 Å². The number of rotatable bonds is 5. The van der Waals surface area contributed by atoms with Gasteiger partial charge in [-0.15, -0.1) is 0 Å². The Labute approximate surface area is 118 Å². The first-order valence-electron chi connectivity index (χ1n) is 5.91. The van der Waals surface area contributed by atoms with Crippen LogP contribution in [-0.2, 0) is 6.18 Å². The standard InChI is InChI=1S/C12H14F3N3O3/c1-17(2)4-3-16-11(19)8-5-9(12(13,14)15)7-10(6-8)18(20)21/h5-7H,3-4H2,1-2H3,(H,16,19). The van der Waals surface area contributed by atoms with E-state index in [1.54, 1.807) is 19.0 Å². The van der Waals surface area contributed by atoms with Crippen molar-refractivity contribution in [2.24, 2.45) is 0 Å². The Hall–Kier alpha value is -2.16. The number of hydrogen-bond acceptors (Lipinski definition) is 4. The predicted octanol–water partition coefficient (Wildman–Crippen LogP) is 1.91. The summed E-state index contributed by atoms with van der Waals surface area (Å²) in [4.78, 5) is 23.2. The van der Waals surface area contributed by atoms with Crippen LogP contribution in [0.2, 0.25) is 0 Å². The minimum Gasteiger partial charge on any atom is -0.351 e. The number of benzene rings is 1. The number of alkyl halides is 3. The zero-order chi connectivity index (χ0) is 16.2. The average Bonchev–Trinajstić information content (AvgIpc) is 2.36. The lowest BCUT2D eigenvalue weighted by Crippen LogP contribution is -2.31. The molecule has 0 radical (unpaired) electrons. The first kappa shape index (κ1) is 16.9. The molecule has 1 rings (SSSR count). The minimum absolute atomic E-state index is 0.218. The van der Waals surface area contributed by atoms with E-state index in [0.717, 1.165) is 6.07 Å². The number of carbonyl (C=O) groups excluding carboxylic acids is 1. The number of nitro groups is 1. The minimum atomic E-state index is -4.76. The number of amides is 1. The lowest BCUT2D eigenvalue weighted by Gasteiger charge is -2.12. The van der Waals surface area contributed by atoms with E-state index in [1.165, 1.54) is 0 Å². The third-order valence-corrected chi connectivity index (χ3v) is 2.56. The number of nitrogens with one attached hydrogen (secondary N) is 1. The fraction of sp³-hybridized carbons (Fsp3) is 0.417. The van der Waals surface area contributed by atoms with Gasteiger partial charge in [-0.05, 0) is 20.2 Å². The summed E-state index contributed by atoms with van der Waals surface area (Å²) in [5, 5.41) is 13.1. The lowest BCUT2D eigenvalue weighted by atomic mass is 10.1. The molecule has 0 aliphatic rings. The molecule has 1 aromatic rings. The number of hydrogen-bond donors (Lipinski definition) is 1. The van der Waals surface area contributed by atoms with Crippen molar-refractivity contribution in [1.82, 2.24) is 10.2 Å². The van der Waals surface area contributed by atoms with Crippen LogP contribution in [0.25, 0.3) is 0 Å². The summed E-state index contributed by atoms with van der Waals surface area (Å²) in [5.41, 5.74) is -2.40. The molecule has 0 bridgehead atoms. The maximum absolute atomic E-state index is 12.7. The molecule has 0 saturated heterocycles. The monoisotopic (exact) mass is 305 g/mol. The molecule has 0 spiro atoms. The molecule has 21 heavy (non-hydrogen) atoms. The summed E-state index contributed by atoms with van der Waals surface area (Å²) in [6.07, 6.45) is -4.76. The third-order valence-electron chi connectivity index (χ3n) is 2.56. The lowest BCUT2D eigenvalue weighted by molar-refractivity contribution is -0.385. The second kappa shape index (κ2) is 6.53. The molecule has 0 unspecified atom stereocenters. The van der Waals surface area contributed by atoms with Gasteiger partial charge in [0, 0.05) is 30.8 Å². The van der Waals surface area contributed by atoms with Crippen LogP contribution in [0, 0.1) is 10.1 Å². The summed E-state index contributed by atoms with van der Waals surface area (Å²) in [6.45, 7) is 0.711. The molecule has 0 aromatic heterocycles. The SMILES string of the molecule is CN(C)CCNC(=O)c1cc([N+](=O)[O-])cc(C(F)(F)F)c1. The Morgan fingerprint density at radius 1 is 1.33 bits per heavy atom. The molecule has 1 aromatic carbocycles. The molecular weight excluding hydrogens is 291 g/mol. The first-order chi connectivity index (χ1) is 9.61. The Kier molecular flexibility index (Phi) is 5.25. The van der Waals surface area contributed by atoms with Crippen molar-refractivity contribution < 1.29 is 22.9 Å². The van der Waals surface area contributed by atoms with Gasteiger partial charge in [0.05, 0.1) is 10.5 Å². The van der Waals surface area contributed by atoms with Gasteiger partial charge in [-0.25, -0.2) is 0 Å². The first-order valence-corrected chi connectivity index (χ1v) is 5.91. The summed E-state index contributed by atoms with van der Waals surface area (Å²) in [6, 6.07) is 1.81. The van der Waals surface area contributed by atoms with Crippen molar-refractivity contribution in [3.63, 3.8) is 0 Å². The van der Waals surface area contributed by atoms with E-state index < -0.39 is 33.8 Å². The van der Waals surface area contributed by atoms with Gasteiger partial charge >= 0.3 is 6.18 Å². The molecule has 0 atom stereocenters. The molecule has 116 valence electrons. The highest BCUT2D eigenvalue weighted by molar-refractivity contribution is 5.95. The van der Waals surface area contributed by atoms with Crippen molar-refractivity contribution in [3.05, 3.63) is 39.4 Å². The zero-order valence-electron chi connectivity index (χ0n) is 11.4. The van der Waals surface area contributed by atoms with Gasteiger partial charge in [-0.1, -0.05) is 0 Å². The van der Waals surface area contributed by atoms with Gasteiger partial charge in [0.1, 0.15) is 0 Å². The number of likely N-dealkylation sites (N-methyl/N-ethyl adjacent to an activating group) is 1. The van der Waals surface area contributed by atoms with Gasteiger partial charge in [0.2, 0.25) is 0 Å². The molecule has 0 aliphatic carbocycles. The molecule has 9 heteroatoms. The quantitative estimate of drug-likeness (QED) is 0.666. The van der Waals surface area contributed by atoms with Gasteiger partial charge in [0.15, 0.2) is 0 Å². The van der Waals surface area contributed by atoms with E-state index in [-0.39, 0.29) is 6.54 Å². The molecule has 0 aliphatic heterocycles. The van der Waals surface area contributed by atoms with Crippen LogP contribution in [0.4, 0.5) is 18.9 Å². The van der Waals surface area contributed by atoms with E-state index in [4.69, 9.17) is 0 Å². The predicted molar refractivity (Wildman–Crippen MR) is 69.0 cm³/mol. The number of nitro benzene ring substituents is 1. The number of halogens is 3. The van der Waals surface area contributed by atoms with Crippen molar-refractivity contribution >= 4 is 11.6 Å². The third kappa shape index (κ3) is 5.03. The molecule has 0 saturated carbocycles. The van der Waals surface area contributed by atoms with E-state index >= 15 is 0 Å². The zero-order valence-corrected chi connectivity index (χ0v) is 11.4. The van der Waals surface area contributed by atoms with Crippen LogP contribution < -0.4 is 5.32 Å². The summed E-state index contributed by atoms with van der Waals surface area (Å²) in [7, 11) is 3.53. The molecule has 1 N–H and O–H groups in total. The van der Waals surface area contributed by atoms with E-state index in [2.05, 4.69) is 5.32 Å². The van der Waals surface area contributed by atoms with E-state index in [9.17, 15) is 28.1 Å². The van der Waals surface area contributed by atoms with Crippen molar-refractivity contribution in [3.8, 4) is 0 Å². The molecule has 0 heterocycles. The van der Waals surface area contributed by atoms with Crippen LogP contribution in [0.3, 0.4) is 0 Å². The number of non-ortho nitro benzene ring substituents is 1. The maximum Gasteiger partial charge on any atom is 0.416 e. The Morgan fingerprint density at radius 3 is 2.43 bits per heavy atom. The highest BCUT2D eigenvalue weighted by Gasteiger charge is 2.33. The topological polar surface area (TPSA) is 75.5 Å². The normalized spacial score (nSPS) is 11.5. The van der Waals surface area contributed by atoms with Crippen molar-refractivity contribution in [2.45, 2.75) is 6.18 Å². The summed E-state index contributed by atoms with van der Waals surface area (Å²) in [5.74, 6) is -0.786.